The summed E-state index contributed by atoms with van der Waals surface area (Å²) in [7, 11) is 2.08. The zero-order chi connectivity index (χ0) is 12.1. The van der Waals surface area contributed by atoms with Crippen LogP contribution in [0.2, 0.25) is 0 Å². The molecular weight excluding hydrogens is 278 g/mol. The van der Waals surface area contributed by atoms with E-state index in [9.17, 15) is 0 Å². The molecule has 0 unspecified atom stereocenters. The molecule has 0 saturated carbocycles. The van der Waals surface area contributed by atoms with Crippen molar-refractivity contribution in [2.24, 2.45) is 0 Å². The van der Waals surface area contributed by atoms with Crippen LogP contribution in [-0.4, -0.2) is 21.9 Å². The second-order valence-electron chi connectivity index (χ2n) is 4.00. The van der Waals surface area contributed by atoms with Gasteiger partial charge in [0.25, 0.3) is 0 Å². The Morgan fingerprint density at radius 3 is 2.82 bits per heavy atom. The summed E-state index contributed by atoms with van der Waals surface area (Å²) in [5, 5.41) is 0. The van der Waals surface area contributed by atoms with E-state index < -0.39 is 0 Å². The SMILES string of the molecule is CN(Cc1cncc(Br)c1)Cc1ccccn1. The molecule has 0 N–H and O–H groups in total. The molecule has 3 nitrogen and oxygen atoms in total. The maximum absolute atomic E-state index is 4.31. The van der Waals surface area contributed by atoms with Crippen molar-refractivity contribution in [1.82, 2.24) is 14.9 Å². The molecule has 0 atom stereocenters. The molecule has 0 fully saturated rings. The highest BCUT2D eigenvalue weighted by atomic mass is 79.9. The van der Waals surface area contributed by atoms with Crippen molar-refractivity contribution in [3.05, 3.63) is 58.6 Å². The van der Waals surface area contributed by atoms with Gasteiger partial charge in [-0.2, -0.15) is 0 Å². The topological polar surface area (TPSA) is 29.0 Å². The Morgan fingerprint density at radius 1 is 1.24 bits per heavy atom. The van der Waals surface area contributed by atoms with Gasteiger partial charge in [-0.1, -0.05) is 6.07 Å². The van der Waals surface area contributed by atoms with Crippen LogP contribution in [0.3, 0.4) is 0 Å². The smallest absolute Gasteiger partial charge is 0.0543 e. The molecule has 0 spiro atoms. The van der Waals surface area contributed by atoms with Crippen LogP contribution in [0.4, 0.5) is 0 Å². The molecule has 0 aliphatic rings. The van der Waals surface area contributed by atoms with E-state index in [1.165, 1.54) is 5.56 Å². The number of halogens is 1. The number of aromatic nitrogens is 2. The lowest BCUT2D eigenvalue weighted by molar-refractivity contribution is 0.314. The summed E-state index contributed by atoms with van der Waals surface area (Å²) in [5.74, 6) is 0. The Hall–Kier alpha value is -1.26. The Kier molecular flexibility index (Phi) is 4.23. The van der Waals surface area contributed by atoms with Crippen LogP contribution in [0, 0.1) is 0 Å². The molecule has 0 saturated heterocycles. The standard InChI is InChI=1S/C13H14BrN3/c1-17(10-13-4-2-3-5-16-13)9-11-6-12(14)8-15-7-11/h2-8H,9-10H2,1H3. The van der Waals surface area contributed by atoms with Gasteiger partial charge in [-0.05, 0) is 46.7 Å². The van der Waals surface area contributed by atoms with Gasteiger partial charge in [-0.3, -0.25) is 14.9 Å². The number of pyridine rings is 2. The van der Waals surface area contributed by atoms with E-state index in [0.29, 0.717) is 0 Å². The minimum absolute atomic E-state index is 0.841. The van der Waals surface area contributed by atoms with Crippen LogP contribution < -0.4 is 0 Å². The third kappa shape index (κ3) is 3.91. The molecule has 0 bridgehead atoms. The summed E-state index contributed by atoms with van der Waals surface area (Å²) in [6.45, 7) is 1.70. The maximum Gasteiger partial charge on any atom is 0.0543 e. The van der Waals surface area contributed by atoms with Gasteiger partial charge in [0.15, 0.2) is 0 Å². The highest BCUT2D eigenvalue weighted by Gasteiger charge is 2.03. The monoisotopic (exact) mass is 291 g/mol. The molecule has 2 aromatic rings. The van der Waals surface area contributed by atoms with Gasteiger partial charge in [-0.25, -0.2) is 0 Å². The summed E-state index contributed by atoms with van der Waals surface area (Å²) in [4.78, 5) is 10.7. The predicted molar refractivity (Wildman–Crippen MR) is 71.3 cm³/mol. The van der Waals surface area contributed by atoms with Gasteiger partial charge in [0.1, 0.15) is 0 Å². The van der Waals surface area contributed by atoms with E-state index in [-0.39, 0.29) is 0 Å². The quantitative estimate of drug-likeness (QED) is 0.867. The lowest BCUT2D eigenvalue weighted by Gasteiger charge is -2.15. The largest absolute Gasteiger partial charge is 0.296 e. The lowest BCUT2D eigenvalue weighted by Crippen LogP contribution is -2.17. The minimum Gasteiger partial charge on any atom is -0.296 e. The highest BCUT2D eigenvalue weighted by Crippen LogP contribution is 2.11. The Labute approximate surface area is 110 Å². The molecule has 0 aliphatic heterocycles. The van der Waals surface area contributed by atoms with Crippen molar-refractivity contribution < 1.29 is 0 Å². The Balaban J connectivity index is 1.96. The first kappa shape index (κ1) is 12.2. The third-order valence-electron chi connectivity index (χ3n) is 2.37. The van der Waals surface area contributed by atoms with Gasteiger partial charge in [0, 0.05) is 36.2 Å². The van der Waals surface area contributed by atoms with Gasteiger partial charge in [0.2, 0.25) is 0 Å². The van der Waals surface area contributed by atoms with Gasteiger partial charge in [0.05, 0.1) is 5.69 Å². The molecule has 88 valence electrons. The summed E-state index contributed by atoms with van der Waals surface area (Å²) in [6, 6.07) is 8.07. The minimum atomic E-state index is 0.841. The number of rotatable bonds is 4. The average Bonchev–Trinajstić information content (AvgIpc) is 2.30. The average molecular weight is 292 g/mol. The second-order valence-corrected chi connectivity index (χ2v) is 4.92. The molecule has 4 heteroatoms. The number of hydrogen-bond acceptors (Lipinski definition) is 3. The first-order valence-corrected chi connectivity index (χ1v) is 6.21. The number of nitrogens with zero attached hydrogens (tertiary/aromatic N) is 3. The first-order chi connectivity index (χ1) is 8.24. The molecule has 2 heterocycles. The van der Waals surface area contributed by atoms with E-state index in [1.54, 1.807) is 6.20 Å². The van der Waals surface area contributed by atoms with Gasteiger partial charge >= 0.3 is 0 Å². The summed E-state index contributed by atoms with van der Waals surface area (Å²) < 4.78 is 1.02. The van der Waals surface area contributed by atoms with Crippen molar-refractivity contribution in [2.75, 3.05) is 7.05 Å². The Bertz CT molecular complexity index is 473. The maximum atomic E-state index is 4.31. The normalized spacial score (nSPS) is 10.8. The molecular formula is C13H14BrN3. The predicted octanol–water partition coefficient (Wildman–Crippen LogP) is 2.87. The fourth-order valence-electron chi connectivity index (χ4n) is 1.68. The van der Waals surface area contributed by atoms with Crippen molar-refractivity contribution in [1.29, 1.82) is 0 Å². The van der Waals surface area contributed by atoms with Crippen LogP contribution in [0.1, 0.15) is 11.3 Å². The van der Waals surface area contributed by atoms with E-state index in [2.05, 4.69) is 43.9 Å². The van der Waals surface area contributed by atoms with Crippen LogP contribution in [0.15, 0.2) is 47.3 Å². The van der Waals surface area contributed by atoms with Crippen LogP contribution >= 0.6 is 15.9 Å². The molecule has 17 heavy (non-hydrogen) atoms. The third-order valence-corrected chi connectivity index (χ3v) is 2.81. The molecule has 0 aliphatic carbocycles. The molecule has 0 radical (unpaired) electrons. The zero-order valence-corrected chi connectivity index (χ0v) is 11.3. The zero-order valence-electron chi connectivity index (χ0n) is 9.68. The number of hydrogen-bond donors (Lipinski definition) is 0. The van der Waals surface area contributed by atoms with E-state index in [4.69, 9.17) is 0 Å². The molecule has 0 amide bonds. The molecule has 0 aromatic carbocycles. The Morgan fingerprint density at radius 2 is 2.12 bits per heavy atom. The summed E-state index contributed by atoms with van der Waals surface area (Å²) in [5.41, 5.74) is 2.27. The molecule has 2 rings (SSSR count). The first-order valence-electron chi connectivity index (χ1n) is 5.42. The fourth-order valence-corrected chi connectivity index (χ4v) is 2.09. The van der Waals surface area contributed by atoms with E-state index in [0.717, 1.165) is 23.3 Å². The highest BCUT2D eigenvalue weighted by molar-refractivity contribution is 9.10. The van der Waals surface area contributed by atoms with Crippen LogP contribution in [-0.2, 0) is 13.1 Å². The van der Waals surface area contributed by atoms with Crippen molar-refractivity contribution in [3.63, 3.8) is 0 Å². The van der Waals surface area contributed by atoms with Crippen LogP contribution in [0.5, 0.6) is 0 Å². The van der Waals surface area contributed by atoms with Gasteiger partial charge < -0.3 is 0 Å². The van der Waals surface area contributed by atoms with Crippen molar-refractivity contribution >= 4 is 15.9 Å². The van der Waals surface area contributed by atoms with Crippen molar-refractivity contribution in [3.8, 4) is 0 Å². The van der Waals surface area contributed by atoms with E-state index in [1.807, 2.05) is 30.6 Å². The second kappa shape index (κ2) is 5.89. The van der Waals surface area contributed by atoms with E-state index >= 15 is 0 Å². The lowest BCUT2D eigenvalue weighted by atomic mass is 10.2. The fraction of sp³-hybridized carbons (Fsp3) is 0.231. The summed E-state index contributed by atoms with van der Waals surface area (Å²) >= 11 is 3.43. The van der Waals surface area contributed by atoms with Crippen LogP contribution in [0.25, 0.3) is 0 Å². The van der Waals surface area contributed by atoms with Crippen molar-refractivity contribution in [2.45, 2.75) is 13.1 Å². The van der Waals surface area contributed by atoms with Gasteiger partial charge in [-0.15, -0.1) is 0 Å². The molecule has 2 aromatic heterocycles. The summed E-state index contributed by atoms with van der Waals surface area (Å²) in [6.07, 6.45) is 5.51.